The third kappa shape index (κ3) is 4.74. The van der Waals surface area contributed by atoms with E-state index in [4.69, 9.17) is 16.3 Å². The Hall–Kier alpha value is -3.12. The highest BCUT2D eigenvalue weighted by molar-refractivity contribution is 6.31. The molecule has 0 fully saturated rings. The van der Waals surface area contributed by atoms with Gasteiger partial charge in [0.15, 0.2) is 0 Å². The van der Waals surface area contributed by atoms with Crippen LogP contribution in [-0.4, -0.2) is 23.0 Å². The highest BCUT2D eigenvalue weighted by Crippen LogP contribution is 2.28. The van der Waals surface area contributed by atoms with Gasteiger partial charge < -0.3 is 15.4 Å². The summed E-state index contributed by atoms with van der Waals surface area (Å²) in [5, 5.41) is 6.40. The number of methoxy groups -OCH3 is 1. The van der Waals surface area contributed by atoms with Crippen LogP contribution < -0.4 is 15.4 Å². The molecule has 27 heavy (non-hydrogen) atoms. The van der Waals surface area contributed by atoms with E-state index >= 15 is 0 Å². The smallest absolute Gasteiger partial charge is 0.258 e. The van der Waals surface area contributed by atoms with Gasteiger partial charge >= 0.3 is 0 Å². The van der Waals surface area contributed by atoms with E-state index in [9.17, 15) is 4.79 Å². The fourth-order valence-corrected chi connectivity index (χ4v) is 2.66. The second-order valence-electron chi connectivity index (χ2n) is 5.87. The van der Waals surface area contributed by atoms with Gasteiger partial charge in [0.1, 0.15) is 5.75 Å². The molecule has 0 atom stereocenters. The number of ether oxygens (including phenoxy) is 1. The van der Waals surface area contributed by atoms with E-state index in [0.29, 0.717) is 34.5 Å². The molecule has 1 aromatic heterocycles. The summed E-state index contributed by atoms with van der Waals surface area (Å²) < 4.78 is 5.23. The van der Waals surface area contributed by atoms with E-state index in [0.717, 1.165) is 5.56 Å². The van der Waals surface area contributed by atoms with Crippen LogP contribution in [0.2, 0.25) is 5.02 Å². The molecule has 7 heteroatoms. The van der Waals surface area contributed by atoms with Crippen LogP contribution in [0.1, 0.15) is 21.5 Å². The van der Waals surface area contributed by atoms with Gasteiger partial charge in [0, 0.05) is 24.0 Å². The van der Waals surface area contributed by atoms with Crippen molar-refractivity contribution in [2.24, 2.45) is 0 Å². The first-order valence-electron chi connectivity index (χ1n) is 8.32. The maximum atomic E-state index is 12.4. The maximum absolute atomic E-state index is 12.4. The summed E-state index contributed by atoms with van der Waals surface area (Å²) in [4.78, 5) is 20.8. The molecule has 3 rings (SSSR count). The Balaban J connectivity index is 1.65. The normalized spacial score (nSPS) is 10.3. The number of nitrogens with one attached hydrogen (secondary N) is 2. The third-order valence-electron chi connectivity index (χ3n) is 4.02. The average Bonchev–Trinajstić information content (AvgIpc) is 2.68. The van der Waals surface area contributed by atoms with Gasteiger partial charge in [-0.15, -0.1) is 0 Å². The first-order valence-corrected chi connectivity index (χ1v) is 8.70. The number of halogens is 1. The molecule has 1 heterocycles. The Kier molecular flexibility index (Phi) is 5.88. The monoisotopic (exact) mass is 382 g/mol. The van der Waals surface area contributed by atoms with Crippen LogP contribution >= 0.6 is 11.6 Å². The van der Waals surface area contributed by atoms with Gasteiger partial charge in [-0.2, -0.15) is 0 Å². The maximum Gasteiger partial charge on any atom is 0.258 e. The number of hydrogen-bond acceptors (Lipinski definition) is 5. The molecule has 2 N–H and O–H groups in total. The van der Waals surface area contributed by atoms with Crippen molar-refractivity contribution in [3.63, 3.8) is 0 Å². The molecule has 0 radical (unpaired) electrons. The van der Waals surface area contributed by atoms with E-state index in [1.165, 1.54) is 25.1 Å². The van der Waals surface area contributed by atoms with Crippen molar-refractivity contribution < 1.29 is 9.53 Å². The molecule has 0 aliphatic heterocycles. The van der Waals surface area contributed by atoms with Crippen LogP contribution in [0.4, 0.5) is 11.6 Å². The number of anilines is 2. The standard InChI is InChI=1S/C20H19ClN4O2/c1-13-5-3-4-6-14(13)10-22-20-23-11-15(12-24-20)19(26)25-17-9-16(21)7-8-18(17)27-2/h3-9,11-12H,10H2,1-2H3,(H,25,26)(H,22,23,24). The minimum absolute atomic E-state index is 0.332. The minimum atomic E-state index is -0.346. The van der Waals surface area contributed by atoms with Crippen LogP contribution in [0.3, 0.4) is 0 Å². The molecule has 6 nitrogen and oxygen atoms in total. The highest BCUT2D eigenvalue weighted by Gasteiger charge is 2.11. The van der Waals surface area contributed by atoms with Crippen molar-refractivity contribution in [1.82, 2.24) is 9.97 Å². The number of amides is 1. The molecular formula is C20H19ClN4O2. The minimum Gasteiger partial charge on any atom is -0.495 e. The lowest BCUT2D eigenvalue weighted by molar-refractivity contribution is 0.102. The molecule has 3 aromatic rings. The summed E-state index contributed by atoms with van der Waals surface area (Å²) in [5.74, 6) is 0.626. The Morgan fingerprint density at radius 3 is 2.59 bits per heavy atom. The van der Waals surface area contributed by atoms with Crippen molar-refractivity contribution in [2.75, 3.05) is 17.7 Å². The Morgan fingerprint density at radius 1 is 1.15 bits per heavy atom. The molecule has 0 spiro atoms. The highest BCUT2D eigenvalue weighted by atomic mass is 35.5. The summed E-state index contributed by atoms with van der Waals surface area (Å²) >= 11 is 5.98. The fourth-order valence-electron chi connectivity index (χ4n) is 2.49. The first-order chi connectivity index (χ1) is 13.1. The summed E-state index contributed by atoms with van der Waals surface area (Å²) in [5.41, 5.74) is 3.17. The van der Waals surface area contributed by atoms with Gasteiger partial charge in [-0.05, 0) is 36.2 Å². The number of hydrogen-bond donors (Lipinski definition) is 2. The van der Waals surface area contributed by atoms with Gasteiger partial charge in [-0.25, -0.2) is 9.97 Å². The van der Waals surface area contributed by atoms with Crippen molar-refractivity contribution in [1.29, 1.82) is 0 Å². The van der Waals surface area contributed by atoms with E-state index in [1.807, 2.05) is 18.2 Å². The van der Waals surface area contributed by atoms with E-state index in [1.54, 1.807) is 18.2 Å². The van der Waals surface area contributed by atoms with Gasteiger partial charge in [-0.3, -0.25) is 4.79 Å². The zero-order valence-electron chi connectivity index (χ0n) is 15.0. The Morgan fingerprint density at radius 2 is 1.89 bits per heavy atom. The van der Waals surface area contributed by atoms with E-state index in [-0.39, 0.29) is 5.91 Å². The molecule has 0 unspecified atom stereocenters. The molecular weight excluding hydrogens is 364 g/mol. The Labute approximate surface area is 162 Å². The second-order valence-corrected chi connectivity index (χ2v) is 6.31. The van der Waals surface area contributed by atoms with Crippen LogP contribution in [0.15, 0.2) is 54.9 Å². The topological polar surface area (TPSA) is 76.1 Å². The molecule has 2 aromatic carbocycles. The van der Waals surface area contributed by atoms with E-state index < -0.39 is 0 Å². The molecule has 138 valence electrons. The number of aryl methyl sites for hydroxylation is 1. The van der Waals surface area contributed by atoms with Crippen LogP contribution in [0.5, 0.6) is 5.75 Å². The third-order valence-corrected chi connectivity index (χ3v) is 4.26. The molecule has 0 aliphatic rings. The zero-order valence-corrected chi connectivity index (χ0v) is 15.7. The molecule has 1 amide bonds. The first kappa shape index (κ1) is 18.7. The largest absolute Gasteiger partial charge is 0.495 e. The van der Waals surface area contributed by atoms with Crippen molar-refractivity contribution in [2.45, 2.75) is 13.5 Å². The quantitative estimate of drug-likeness (QED) is 0.664. The number of carbonyl (C=O) groups excluding carboxylic acids is 1. The number of rotatable bonds is 6. The number of benzene rings is 2. The van der Waals surface area contributed by atoms with Crippen molar-refractivity contribution >= 4 is 29.1 Å². The number of aromatic nitrogens is 2. The van der Waals surface area contributed by atoms with Crippen molar-refractivity contribution in [3.8, 4) is 5.75 Å². The lowest BCUT2D eigenvalue weighted by atomic mass is 10.1. The Bertz CT molecular complexity index is 945. The predicted molar refractivity (Wildman–Crippen MR) is 106 cm³/mol. The summed E-state index contributed by atoms with van der Waals surface area (Å²) in [6, 6.07) is 13.1. The lowest BCUT2D eigenvalue weighted by Crippen LogP contribution is -2.14. The van der Waals surface area contributed by atoms with Crippen LogP contribution in [0.25, 0.3) is 0 Å². The average molecular weight is 383 g/mol. The number of carbonyl (C=O) groups is 1. The van der Waals surface area contributed by atoms with Crippen LogP contribution in [0, 0.1) is 6.92 Å². The SMILES string of the molecule is COc1ccc(Cl)cc1NC(=O)c1cnc(NCc2ccccc2C)nc1. The van der Waals surface area contributed by atoms with Gasteiger partial charge in [0.2, 0.25) is 5.95 Å². The lowest BCUT2D eigenvalue weighted by Gasteiger charge is -2.11. The molecule has 0 aliphatic carbocycles. The van der Waals surface area contributed by atoms with E-state index in [2.05, 4.69) is 33.6 Å². The summed E-state index contributed by atoms with van der Waals surface area (Å²) in [7, 11) is 1.52. The predicted octanol–water partition coefficient (Wildman–Crippen LogP) is 4.31. The fraction of sp³-hybridized carbons (Fsp3) is 0.150. The second kappa shape index (κ2) is 8.51. The van der Waals surface area contributed by atoms with Crippen molar-refractivity contribution in [3.05, 3.63) is 76.6 Å². The van der Waals surface area contributed by atoms with Crippen LogP contribution in [-0.2, 0) is 6.54 Å². The van der Waals surface area contributed by atoms with Gasteiger partial charge in [0.05, 0.1) is 18.4 Å². The summed E-state index contributed by atoms with van der Waals surface area (Å²) in [6.45, 7) is 2.66. The van der Waals surface area contributed by atoms with Gasteiger partial charge in [0.25, 0.3) is 5.91 Å². The zero-order chi connectivity index (χ0) is 19.2. The van der Waals surface area contributed by atoms with Gasteiger partial charge in [-0.1, -0.05) is 35.9 Å². The molecule has 0 bridgehead atoms. The number of nitrogens with zero attached hydrogens (tertiary/aromatic N) is 2. The molecule has 0 saturated heterocycles. The molecule has 0 saturated carbocycles. The summed E-state index contributed by atoms with van der Waals surface area (Å²) in [6.07, 6.45) is 2.94.